The number of amides is 1. The second-order valence-corrected chi connectivity index (χ2v) is 4.31. The molecule has 1 aliphatic rings. The van der Waals surface area contributed by atoms with Gasteiger partial charge in [-0.25, -0.2) is 0 Å². The molecule has 0 spiro atoms. The number of hydrogen-bond donors (Lipinski definition) is 1. The lowest BCUT2D eigenvalue weighted by Gasteiger charge is -2.32. The number of piperazine rings is 1. The number of hydrogen-bond acceptors (Lipinski definition) is 3. The average molecular weight is 271 g/mol. The van der Waals surface area contributed by atoms with Crippen molar-refractivity contribution in [3.05, 3.63) is 29.8 Å². The van der Waals surface area contributed by atoms with Gasteiger partial charge in [-0.2, -0.15) is 0 Å². The summed E-state index contributed by atoms with van der Waals surface area (Å²) in [5, 5.41) is 3.32. The summed E-state index contributed by atoms with van der Waals surface area (Å²) < 4.78 is 5.22. The molecule has 2 rings (SSSR count). The maximum Gasteiger partial charge on any atom is 0.257 e. The molecule has 1 aliphatic heterocycles. The normalized spacial score (nSPS) is 19.0. The van der Waals surface area contributed by atoms with E-state index in [-0.39, 0.29) is 18.3 Å². The number of nitrogens with one attached hydrogen (secondary N) is 1. The van der Waals surface area contributed by atoms with Crippen LogP contribution in [-0.4, -0.2) is 43.6 Å². The van der Waals surface area contributed by atoms with Gasteiger partial charge in [0.15, 0.2) is 0 Å². The lowest BCUT2D eigenvalue weighted by atomic mass is 10.1. The largest absolute Gasteiger partial charge is 0.496 e. The van der Waals surface area contributed by atoms with Gasteiger partial charge in [-0.05, 0) is 19.1 Å². The zero-order chi connectivity index (χ0) is 12.3. The number of carbonyl (C=O) groups is 1. The van der Waals surface area contributed by atoms with Crippen LogP contribution in [0.15, 0.2) is 24.3 Å². The number of halogens is 1. The third-order valence-electron chi connectivity index (χ3n) is 2.99. The highest BCUT2D eigenvalue weighted by Crippen LogP contribution is 2.19. The Morgan fingerprint density at radius 3 is 2.83 bits per heavy atom. The number of benzene rings is 1. The number of nitrogens with zero attached hydrogens (tertiary/aromatic N) is 1. The van der Waals surface area contributed by atoms with Crippen LogP contribution in [0.3, 0.4) is 0 Å². The lowest BCUT2D eigenvalue weighted by molar-refractivity contribution is 0.0705. The van der Waals surface area contributed by atoms with Gasteiger partial charge in [-0.15, -0.1) is 12.4 Å². The summed E-state index contributed by atoms with van der Waals surface area (Å²) in [7, 11) is 1.59. The molecule has 1 heterocycles. The molecule has 1 N–H and O–H groups in total. The number of rotatable bonds is 2. The molecular formula is C13H19ClN2O2. The number of ether oxygens (including phenoxy) is 1. The summed E-state index contributed by atoms with van der Waals surface area (Å²) in [6.07, 6.45) is 0. The van der Waals surface area contributed by atoms with Crippen LogP contribution in [0, 0.1) is 0 Å². The Hall–Kier alpha value is -1.26. The van der Waals surface area contributed by atoms with Crippen molar-refractivity contribution in [2.45, 2.75) is 13.0 Å². The van der Waals surface area contributed by atoms with Gasteiger partial charge in [-0.3, -0.25) is 4.79 Å². The minimum Gasteiger partial charge on any atom is -0.496 e. The van der Waals surface area contributed by atoms with Crippen molar-refractivity contribution in [1.82, 2.24) is 10.2 Å². The monoisotopic (exact) mass is 270 g/mol. The first-order valence-electron chi connectivity index (χ1n) is 5.88. The second-order valence-electron chi connectivity index (χ2n) is 4.31. The van der Waals surface area contributed by atoms with Crippen LogP contribution in [0.4, 0.5) is 0 Å². The lowest BCUT2D eigenvalue weighted by Crippen LogP contribution is -2.51. The SMILES string of the molecule is COc1ccccc1C(=O)N1CCN[C@H](C)C1.Cl. The first-order valence-corrected chi connectivity index (χ1v) is 5.88. The van der Waals surface area contributed by atoms with Crippen molar-refractivity contribution in [3.8, 4) is 5.75 Å². The molecule has 0 radical (unpaired) electrons. The molecule has 0 saturated carbocycles. The van der Waals surface area contributed by atoms with E-state index >= 15 is 0 Å². The maximum atomic E-state index is 12.3. The molecule has 100 valence electrons. The first-order chi connectivity index (χ1) is 8.22. The summed E-state index contributed by atoms with van der Waals surface area (Å²) >= 11 is 0. The Labute approximate surface area is 114 Å². The molecule has 0 unspecified atom stereocenters. The maximum absolute atomic E-state index is 12.3. The van der Waals surface area contributed by atoms with Crippen molar-refractivity contribution < 1.29 is 9.53 Å². The third kappa shape index (κ3) is 3.15. The van der Waals surface area contributed by atoms with E-state index in [1.165, 1.54) is 0 Å². The summed E-state index contributed by atoms with van der Waals surface area (Å²) in [6.45, 7) is 4.43. The average Bonchev–Trinajstić information content (AvgIpc) is 2.38. The van der Waals surface area contributed by atoms with Crippen LogP contribution in [0.2, 0.25) is 0 Å². The van der Waals surface area contributed by atoms with Crippen LogP contribution < -0.4 is 10.1 Å². The van der Waals surface area contributed by atoms with Crippen molar-refractivity contribution >= 4 is 18.3 Å². The molecule has 0 aromatic heterocycles. The summed E-state index contributed by atoms with van der Waals surface area (Å²) in [5.74, 6) is 0.694. The van der Waals surface area contributed by atoms with Gasteiger partial charge in [0.05, 0.1) is 12.7 Å². The molecule has 1 amide bonds. The van der Waals surface area contributed by atoms with E-state index in [9.17, 15) is 4.79 Å². The van der Waals surface area contributed by atoms with Crippen LogP contribution in [0.5, 0.6) is 5.75 Å². The zero-order valence-corrected chi connectivity index (χ0v) is 11.5. The van der Waals surface area contributed by atoms with Gasteiger partial charge < -0.3 is 15.0 Å². The molecule has 1 fully saturated rings. The highest BCUT2D eigenvalue weighted by molar-refractivity contribution is 5.97. The van der Waals surface area contributed by atoms with E-state index in [0.717, 1.165) is 19.6 Å². The van der Waals surface area contributed by atoms with Crippen molar-refractivity contribution in [1.29, 1.82) is 0 Å². The molecule has 5 heteroatoms. The molecule has 1 saturated heterocycles. The zero-order valence-electron chi connectivity index (χ0n) is 10.7. The van der Waals surface area contributed by atoms with E-state index in [0.29, 0.717) is 17.4 Å². The fourth-order valence-corrected chi connectivity index (χ4v) is 2.11. The van der Waals surface area contributed by atoms with Gasteiger partial charge >= 0.3 is 0 Å². The van der Waals surface area contributed by atoms with Crippen LogP contribution in [0.25, 0.3) is 0 Å². The predicted octanol–water partition coefficient (Wildman–Crippen LogP) is 1.55. The predicted molar refractivity (Wildman–Crippen MR) is 73.6 cm³/mol. The summed E-state index contributed by atoms with van der Waals surface area (Å²) in [4.78, 5) is 14.2. The minimum atomic E-state index is 0. The van der Waals surface area contributed by atoms with E-state index in [2.05, 4.69) is 12.2 Å². The molecule has 0 bridgehead atoms. The fraction of sp³-hybridized carbons (Fsp3) is 0.462. The van der Waals surface area contributed by atoms with Gasteiger partial charge in [-0.1, -0.05) is 12.1 Å². The van der Waals surface area contributed by atoms with Crippen LogP contribution in [0.1, 0.15) is 17.3 Å². The second kappa shape index (κ2) is 6.61. The van der Waals surface area contributed by atoms with E-state index < -0.39 is 0 Å². The molecule has 0 aliphatic carbocycles. The smallest absolute Gasteiger partial charge is 0.257 e. The highest BCUT2D eigenvalue weighted by Gasteiger charge is 2.23. The Morgan fingerprint density at radius 2 is 2.17 bits per heavy atom. The highest BCUT2D eigenvalue weighted by atomic mass is 35.5. The van der Waals surface area contributed by atoms with Crippen LogP contribution >= 0.6 is 12.4 Å². The molecule has 1 atom stereocenters. The number of carbonyl (C=O) groups excluding carboxylic acids is 1. The Kier molecular flexibility index (Phi) is 5.44. The van der Waals surface area contributed by atoms with E-state index in [1.807, 2.05) is 29.2 Å². The molecule has 4 nitrogen and oxygen atoms in total. The molecule has 1 aromatic rings. The quantitative estimate of drug-likeness (QED) is 0.887. The minimum absolute atomic E-state index is 0. The Balaban J connectivity index is 0.00000162. The molecule has 1 aromatic carbocycles. The van der Waals surface area contributed by atoms with Gasteiger partial charge in [0.25, 0.3) is 5.91 Å². The summed E-state index contributed by atoms with van der Waals surface area (Å²) in [6, 6.07) is 7.71. The first kappa shape index (κ1) is 14.8. The van der Waals surface area contributed by atoms with Gasteiger partial charge in [0.2, 0.25) is 0 Å². The van der Waals surface area contributed by atoms with E-state index in [1.54, 1.807) is 7.11 Å². The van der Waals surface area contributed by atoms with E-state index in [4.69, 9.17) is 4.74 Å². The third-order valence-corrected chi connectivity index (χ3v) is 2.99. The van der Waals surface area contributed by atoms with Crippen molar-refractivity contribution in [2.75, 3.05) is 26.7 Å². The topological polar surface area (TPSA) is 41.6 Å². The van der Waals surface area contributed by atoms with Crippen molar-refractivity contribution in [3.63, 3.8) is 0 Å². The van der Waals surface area contributed by atoms with Crippen LogP contribution in [-0.2, 0) is 0 Å². The Morgan fingerprint density at radius 1 is 1.44 bits per heavy atom. The van der Waals surface area contributed by atoms with Gasteiger partial charge in [0, 0.05) is 25.7 Å². The number of methoxy groups -OCH3 is 1. The fourth-order valence-electron chi connectivity index (χ4n) is 2.11. The van der Waals surface area contributed by atoms with Gasteiger partial charge in [0.1, 0.15) is 5.75 Å². The Bertz CT molecular complexity index is 412. The number of para-hydroxylation sites is 1. The molecular weight excluding hydrogens is 252 g/mol. The standard InChI is InChI=1S/C13H18N2O2.ClH/c1-10-9-15(8-7-14-10)13(16)11-5-3-4-6-12(11)17-2;/h3-6,10,14H,7-9H2,1-2H3;1H/t10-;/m1./s1. The van der Waals surface area contributed by atoms with Crippen molar-refractivity contribution in [2.24, 2.45) is 0 Å². The summed E-state index contributed by atoms with van der Waals surface area (Å²) in [5.41, 5.74) is 0.643. The molecule has 18 heavy (non-hydrogen) atoms.